The maximum absolute atomic E-state index is 5.97. The number of anilines is 1. The van der Waals surface area contributed by atoms with Crippen molar-refractivity contribution in [2.45, 2.75) is 13.3 Å². The van der Waals surface area contributed by atoms with E-state index in [2.05, 4.69) is 6.92 Å². The summed E-state index contributed by atoms with van der Waals surface area (Å²) in [5, 5.41) is 1.84. The van der Waals surface area contributed by atoms with Crippen molar-refractivity contribution in [1.82, 2.24) is 0 Å². The molecule has 13 heavy (non-hydrogen) atoms. The molecule has 3 heteroatoms. The van der Waals surface area contributed by atoms with Crippen LogP contribution < -0.4 is 5.73 Å². The van der Waals surface area contributed by atoms with E-state index in [9.17, 15) is 0 Å². The van der Waals surface area contributed by atoms with Gasteiger partial charge in [-0.3, -0.25) is 0 Å². The number of hydrogen-bond donors (Lipinski definition) is 1. The second-order valence-corrected chi connectivity index (χ2v) is 4.51. The summed E-state index contributed by atoms with van der Waals surface area (Å²) < 4.78 is 1.22. The third-order valence-corrected chi connectivity index (χ3v) is 3.65. The molecule has 1 aromatic carbocycles. The van der Waals surface area contributed by atoms with Crippen molar-refractivity contribution in [1.29, 1.82) is 0 Å². The van der Waals surface area contributed by atoms with Crippen LogP contribution in [-0.4, -0.2) is 0 Å². The van der Waals surface area contributed by atoms with Crippen LogP contribution >= 0.6 is 22.9 Å². The Morgan fingerprint density at radius 1 is 1.46 bits per heavy atom. The fourth-order valence-corrected chi connectivity index (χ4v) is 2.62. The fraction of sp³-hybridized carbons (Fsp3) is 0.200. The lowest BCUT2D eigenvalue weighted by atomic mass is 10.2. The predicted octanol–water partition coefficient (Wildman–Crippen LogP) is 3.70. The molecule has 0 fully saturated rings. The lowest BCUT2D eigenvalue weighted by Crippen LogP contribution is -1.86. The first kappa shape index (κ1) is 8.85. The van der Waals surface area contributed by atoms with E-state index in [1.54, 1.807) is 11.3 Å². The van der Waals surface area contributed by atoms with Crippen molar-refractivity contribution in [2.75, 3.05) is 5.73 Å². The summed E-state index contributed by atoms with van der Waals surface area (Å²) in [7, 11) is 0. The maximum Gasteiger partial charge on any atom is 0.0535 e. The summed E-state index contributed by atoms with van der Waals surface area (Å²) in [6.07, 6.45) is 0.989. The van der Waals surface area contributed by atoms with Gasteiger partial charge in [0.15, 0.2) is 0 Å². The third kappa shape index (κ3) is 1.40. The topological polar surface area (TPSA) is 26.0 Å². The molecule has 1 nitrogen and oxygen atoms in total. The molecule has 0 bridgehead atoms. The first-order valence-corrected chi connectivity index (χ1v) is 5.38. The zero-order valence-corrected chi connectivity index (χ0v) is 8.88. The summed E-state index contributed by atoms with van der Waals surface area (Å²) in [5.41, 5.74) is 6.86. The monoisotopic (exact) mass is 211 g/mol. The Hall–Kier alpha value is -0.730. The maximum atomic E-state index is 5.97. The average molecular weight is 212 g/mol. The Morgan fingerprint density at radius 3 is 2.92 bits per heavy atom. The molecule has 0 unspecified atom stereocenters. The number of aryl methyl sites for hydroxylation is 1. The van der Waals surface area contributed by atoms with Gasteiger partial charge in [0.2, 0.25) is 0 Å². The predicted molar refractivity (Wildman–Crippen MR) is 60.6 cm³/mol. The zero-order chi connectivity index (χ0) is 9.42. The first-order valence-electron chi connectivity index (χ1n) is 4.18. The second kappa shape index (κ2) is 3.20. The minimum absolute atomic E-state index is 0.750. The van der Waals surface area contributed by atoms with Gasteiger partial charge < -0.3 is 5.73 Å². The minimum Gasteiger partial charge on any atom is -0.397 e. The van der Waals surface area contributed by atoms with Crippen molar-refractivity contribution >= 4 is 38.7 Å². The van der Waals surface area contributed by atoms with Gasteiger partial charge in [0, 0.05) is 20.0 Å². The molecule has 68 valence electrons. The molecule has 0 aliphatic rings. The molecule has 0 atom stereocenters. The number of fused-ring (bicyclic) bond motifs is 1. The van der Waals surface area contributed by atoms with Crippen LogP contribution in [0.3, 0.4) is 0 Å². The van der Waals surface area contributed by atoms with Crippen LogP contribution in [-0.2, 0) is 6.42 Å². The van der Waals surface area contributed by atoms with Gasteiger partial charge in [0.05, 0.1) is 5.69 Å². The number of thiophene rings is 1. The zero-order valence-electron chi connectivity index (χ0n) is 7.30. The molecule has 2 N–H and O–H groups in total. The SMILES string of the molecule is CCc1sc2ccc(Cl)cc2c1N. The molecule has 0 saturated carbocycles. The van der Waals surface area contributed by atoms with Crippen molar-refractivity contribution in [3.8, 4) is 0 Å². The van der Waals surface area contributed by atoms with E-state index in [4.69, 9.17) is 17.3 Å². The normalized spacial score (nSPS) is 10.9. The Kier molecular flexibility index (Phi) is 2.18. The second-order valence-electron chi connectivity index (χ2n) is 2.93. The van der Waals surface area contributed by atoms with Crippen LogP contribution in [0.25, 0.3) is 10.1 Å². The summed E-state index contributed by atoms with van der Waals surface area (Å²) in [6.45, 7) is 2.11. The molecule has 0 amide bonds. The molecule has 2 aromatic rings. The number of rotatable bonds is 1. The Balaban J connectivity index is 2.77. The van der Waals surface area contributed by atoms with Gasteiger partial charge in [-0.25, -0.2) is 0 Å². The molecule has 0 aliphatic carbocycles. The molecule has 1 aromatic heterocycles. The molecule has 0 saturated heterocycles. The summed E-state index contributed by atoms with van der Waals surface area (Å²) in [6, 6.07) is 5.86. The fourth-order valence-electron chi connectivity index (χ4n) is 1.40. The highest BCUT2D eigenvalue weighted by Crippen LogP contribution is 2.35. The van der Waals surface area contributed by atoms with Crippen LogP contribution in [0.15, 0.2) is 18.2 Å². The Morgan fingerprint density at radius 2 is 2.23 bits per heavy atom. The number of halogens is 1. The highest BCUT2D eigenvalue weighted by molar-refractivity contribution is 7.19. The van der Waals surface area contributed by atoms with E-state index >= 15 is 0 Å². The molecule has 0 radical (unpaired) electrons. The molecule has 0 aliphatic heterocycles. The lowest BCUT2D eigenvalue weighted by Gasteiger charge is -1.93. The van der Waals surface area contributed by atoms with E-state index < -0.39 is 0 Å². The van der Waals surface area contributed by atoms with Gasteiger partial charge in [0.25, 0.3) is 0 Å². The van der Waals surface area contributed by atoms with Crippen molar-refractivity contribution < 1.29 is 0 Å². The smallest absolute Gasteiger partial charge is 0.0535 e. The first-order chi connectivity index (χ1) is 6.22. The van der Waals surface area contributed by atoms with Gasteiger partial charge in [-0.2, -0.15) is 0 Å². The highest BCUT2D eigenvalue weighted by Gasteiger charge is 2.07. The molecule has 0 spiro atoms. The average Bonchev–Trinajstić information content (AvgIpc) is 2.44. The van der Waals surface area contributed by atoms with Gasteiger partial charge in [0.1, 0.15) is 0 Å². The molecule has 1 heterocycles. The lowest BCUT2D eigenvalue weighted by molar-refractivity contribution is 1.19. The summed E-state index contributed by atoms with van der Waals surface area (Å²) >= 11 is 7.64. The summed E-state index contributed by atoms with van der Waals surface area (Å²) in [5.74, 6) is 0. The van der Waals surface area contributed by atoms with Crippen molar-refractivity contribution in [2.24, 2.45) is 0 Å². The Labute approximate surface area is 86.1 Å². The molecule has 2 rings (SSSR count). The number of nitrogens with two attached hydrogens (primary N) is 1. The minimum atomic E-state index is 0.750. The van der Waals surface area contributed by atoms with Crippen LogP contribution in [0.1, 0.15) is 11.8 Å². The van der Waals surface area contributed by atoms with E-state index in [1.807, 2.05) is 18.2 Å². The molecular formula is C10H10ClNS. The number of nitrogen functional groups attached to an aromatic ring is 1. The van der Waals surface area contributed by atoms with E-state index in [0.29, 0.717) is 0 Å². The standard InChI is InChI=1S/C10H10ClNS/c1-2-8-10(12)7-5-6(11)3-4-9(7)13-8/h3-5H,2,12H2,1H3. The number of hydrogen-bond acceptors (Lipinski definition) is 2. The van der Waals surface area contributed by atoms with Crippen LogP contribution in [0, 0.1) is 0 Å². The van der Waals surface area contributed by atoms with Gasteiger partial charge in [-0.05, 0) is 24.6 Å². The van der Waals surface area contributed by atoms with Crippen LogP contribution in [0.5, 0.6) is 0 Å². The Bertz CT molecular complexity index is 447. The molecular weight excluding hydrogens is 202 g/mol. The third-order valence-electron chi connectivity index (χ3n) is 2.09. The van der Waals surface area contributed by atoms with Crippen molar-refractivity contribution in [3.05, 3.63) is 28.1 Å². The van der Waals surface area contributed by atoms with Gasteiger partial charge in [-0.1, -0.05) is 18.5 Å². The van der Waals surface area contributed by atoms with E-state index in [-0.39, 0.29) is 0 Å². The largest absolute Gasteiger partial charge is 0.397 e. The van der Waals surface area contributed by atoms with E-state index in [0.717, 1.165) is 22.5 Å². The van der Waals surface area contributed by atoms with Crippen molar-refractivity contribution in [3.63, 3.8) is 0 Å². The van der Waals surface area contributed by atoms with E-state index in [1.165, 1.54) is 9.58 Å². The van der Waals surface area contributed by atoms with Gasteiger partial charge >= 0.3 is 0 Å². The highest BCUT2D eigenvalue weighted by atomic mass is 35.5. The number of benzene rings is 1. The summed E-state index contributed by atoms with van der Waals surface area (Å²) in [4.78, 5) is 1.25. The quantitative estimate of drug-likeness (QED) is 0.765. The van der Waals surface area contributed by atoms with Crippen LogP contribution in [0.4, 0.5) is 5.69 Å². The van der Waals surface area contributed by atoms with Gasteiger partial charge in [-0.15, -0.1) is 11.3 Å². The van der Waals surface area contributed by atoms with Crippen LogP contribution in [0.2, 0.25) is 5.02 Å².